The zero-order chi connectivity index (χ0) is 16.9. The summed E-state index contributed by atoms with van der Waals surface area (Å²) in [7, 11) is 0. The molecule has 0 radical (unpaired) electrons. The molecule has 0 spiro atoms. The summed E-state index contributed by atoms with van der Waals surface area (Å²) in [5.74, 6) is -0.0285. The number of likely N-dealkylation sites (N-methyl/N-ethyl adjacent to an activating group) is 1. The predicted octanol–water partition coefficient (Wildman–Crippen LogP) is 3.91. The molecule has 0 aliphatic carbocycles. The first kappa shape index (κ1) is 16.0. The quantitative estimate of drug-likeness (QED) is 0.775. The molecule has 3 rings (SSSR count). The highest BCUT2D eigenvalue weighted by molar-refractivity contribution is 5.82. The van der Waals surface area contributed by atoms with Crippen molar-refractivity contribution in [1.29, 1.82) is 0 Å². The number of hydrogen-bond acceptors (Lipinski definition) is 2. The SMILES string of the molecule is CCNC(=O)C(C)n1cc(-c2ccccc2)c(-c2ccccc2)n1. The zero-order valence-electron chi connectivity index (χ0n) is 13.9. The van der Waals surface area contributed by atoms with Crippen LogP contribution in [0, 0.1) is 0 Å². The number of amides is 1. The van der Waals surface area contributed by atoms with Gasteiger partial charge in [0.2, 0.25) is 5.91 Å². The maximum atomic E-state index is 12.2. The Morgan fingerprint density at radius 1 is 1.04 bits per heavy atom. The molecule has 3 aromatic rings. The Morgan fingerprint density at radius 2 is 1.62 bits per heavy atom. The standard InChI is InChI=1S/C20H21N3O/c1-3-21-20(24)15(2)23-14-18(16-10-6-4-7-11-16)19(22-23)17-12-8-5-9-13-17/h4-15H,3H2,1-2H3,(H,21,24). The molecule has 0 saturated carbocycles. The van der Waals surface area contributed by atoms with Gasteiger partial charge in [-0.25, -0.2) is 0 Å². The molecule has 122 valence electrons. The maximum absolute atomic E-state index is 12.2. The van der Waals surface area contributed by atoms with Crippen LogP contribution in [-0.2, 0) is 4.79 Å². The van der Waals surface area contributed by atoms with Gasteiger partial charge >= 0.3 is 0 Å². The summed E-state index contributed by atoms with van der Waals surface area (Å²) >= 11 is 0. The summed E-state index contributed by atoms with van der Waals surface area (Å²) in [5.41, 5.74) is 4.04. The van der Waals surface area contributed by atoms with Gasteiger partial charge in [-0.05, 0) is 19.4 Å². The molecular weight excluding hydrogens is 298 g/mol. The van der Waals surface area contributed by atoms with Crippen LogP contribution < -0.4 is 5.32 Å². The molecule has 0 aliphatic heterocycles. The summed E-state index contributed by atoms with van der Waals surface area (Å²) in [5, 5.41) is 7.57. The highest BCUT2D eigenvalue weighted by Crippen LogP contribution is 2.31. The number of hydrogen-bond donors (Lipinski definition) is 1. The van der Waals surface area contributed by atoms with Crippen LogP contribution in [0.1, 0.15) is 19.9 Å². The van der Waals surface area contributed by atoms with E-state index in [0.29, 0.717) is 6.54 Å². The molecule has 1 aromatic heterocycles. The van der Waals surface area contributed by atoms with Crippen LogP contribution in [0.4, 0.5) is 0 Å². The Kier molecular flexibility index (Phi) is 4.75. The van der Waals surface area contributed by atoms with E-state index in [9.17, 15) is 4.79 Å². The second kappa shape index (κ2) is 7.13. The highest BCUT2D eigenvalue weighted by atomic mass is 16.2. The molecule has 2 aromatic carbocycles. The van der Waals surface area contributed by atoms with E-state index in [0.717, 1.165) is 22.4 Å². The molecule has 0 bridgehead atoms. The first-order chi connectivity index (χ1) is 11.7. The second-order valence-electron chi connectivity index (χ2n) is 5.67. The number of nitrogens with zero attached hydrogens (tertiary/aromatic N) is 2. The number of carbonyl (C=O) groups excluding carboxylic acids is 1. The van der Waals surface area contributed by atoms with E-state index in [1.54, 1.807) is 4.68 Å². The normalized spacial score (nSPS) is 11.9. The van der Waals surface area contributed by atoms with Gasteiger partial charge in [-0.3, -0.25) is 9.48 Å². The van der Waals surface area contributed by atoms with Crippen molar-refractivity contribution in [3.05, 3.63) is 66.9 Å². The molecule has 1 N–H and O–H groups in total. The molecule has 4 heteroatoms. The van der Waals surface area contributed by atoms with Crippen molar-refractivity contribution in [2.24, 2.45) is 0 Å². The van der Waals surface area contributed by atoms with Crippen LogP contribution in [-0.4, -0.2) is 22.2 Å². The Morgan fingerprint density at radius 3 is 2.21 bits per heavy atom. The lowest BCUT2D eigenvalue weighted by Crippen LogP contribution is -2.30. The van der Waals surface area contributed by atoms with Crippen LogP contribution in [0.25, 0.3) is 22.4 Å². The van der Waals surface area contributed by atoms with Gasteiger partial charge in [0, 0.05) is 23.9 Å². The topological polar surface area (TPSA) is 46.9 Å². The number of rotatable bonds is 5. The molecule has 24 heavy (non-hydrogen) atoms. The minimum atomic E-state index is -0.357. The molecular formula is C20H21N3O. The Bertz CT molecular complexity index is 752. The monoisotopic (exact) mass is 319 g/mol. The fourth-order valence-corrected chi connectivity index (χ4v) is 2.67. The van der Waals surface area contributed by atoms with Crippen LogP contribution in [0.3, 0.4) is 0 Å². The van der Waals surface area contributed by atoms with Crippen molar-refractivity contribution in [2.75, 3.05) is 6.54 Å². The predicted molar refractivity (Wildman–Crippen MR) is 96.5 cm³/mol. The van der Waals surface area contributed by atoms with Gasteiger partial charge in [0.1, 0.15) is 11.7 Å². The van der Waals surface area contributed by atoms with Crippen LogP contribution in [0.5, 0.6) is 0 Å². The number of aromatic nitrogens is 2. The summed E-state index contributed by atoms with van der Waals surface area (Å²) in [6.45, 7) is 4.39. The van der Waals surface area contributed by atoms with Gasteiger partial charge in [0.05, 0.1) is 0 Å². The van der Waals surface area contributed by atoms with Gasteiger partial charge in [-0.1, -0.05) is 60.7 Å². The lowest BCUT2D eigenvalue weighted by molar-refractivity contribution is -0.124. The Hall–Kier alpha value is -2.88. The lowest BCUT2D eigenvalue weighted by Gasteiger charge is -2.11. The summed E-state index contributed by atoms with van der Waals surface area (Å²) < 4.78 is 1.75. The van der Waals surface area contributed by atoms with Gasteiger partial charge in [0.25, 0.3) is 0 Å². The van der Waals surface area contributed by atoms with Gasteiger partial charge < -0.3 is 5.32 Å². The maximum Gasteiger partial charge on any atom is 0.244 e. The van der Waals surface area contributed by atoms with E-state index in [-0.39, 0.29) is 11.9 Å². The fourth-order valence-electron chi connectivity index (χ4n) is 2.67. The largest absolute Gasteiger partial charge is 0.355 e. The molecule has 0 saturated heterocycles. The molecule has 1 heterocycles. The van der Waals surface area contributed by atoms with E-state index >= 15 is 0 Å². The number of benzene rings is 2. The number of nitrogens with one attached hydrogen (secondary N) is 1. The van der Waals surface area contributed by atoms with Crippen molar-refractivity contribution in [2.45, 2.75) is 19.9 Å². The van der Waals surface area contributed by atoms with Gasteiger partial charge in [0.15, 0.2) is 0 Å². The Balaban J connectivity index is 2.08. The summed E-state index contributed by atoms with van der Waals surface area (Å²) in [4.78, 5) is 12.2. The third-order valence-electron chi connectivity index (χ3n) is 3.99. The Labute approximate surface area is 142 Å². The van der Waals surface area contributed by atoms with Crippen molar-refractivity contribution < 1.29 is 4.79 Å². The average Bonchev–Trinajstić information content (AvgIpc) is 3.08. The van der Waals surface area contributed by atoms with Crippen LogP contribution in [0.15, 0.2) is 66.9 Å². The fraction of sp³-hybridized carbons (Fsp3) is 0.200. The second-order valence-corrected chi connectivity index (χ2v) is 5.67. The van der Waals surface area contributed by atoms with Crippen molar-refractivity contribution >= 4 is 5.91 Å². The first-order valence-corrected chi connectivity index (χ1v) is 8.18. The zero-order valence-corrected chi connectivity index (χ0v) is 13.9. The van der Waals surface area contributed by atoms with E-state index < -0.39 is 0 Å². The van der Waals surface area contributed by atoms with E-state index in [4.69, 9.17) is 5.10 Å². The highest BCUT2D eigenvalue weighted by Gasteiger charge is 2.19. The molecule has 0 fully saturated rings. The third kappa shape index (κ3) is 3.23. The third-order valence-corrected chi connectivity index (χ3v) is 3.99. The van der Waals surface area contributed by atoms with Crippen LogP contribution in [0.2, 0.25) is 0 Å². The van der Waals surface area contributed by atoms with Gasteiger partial charge in [-0.2, -0.15) is 5.10 Å². The molecule has 1 atom stereocenters. The minimum absolute atomic E-state index is 0.0285. The van der Waals surface area contributed by atoms with Crippen molar-refractivity contribution in [3.63, 3.8) is 0 Å². The van der Waals surface area contributed by atoms with Crippen molar-refractivity contribution in [1.82, 2.24) is 15.1 Å². The first-order valence-electron chi connectivity index (χ1n) is 8.18. The molecule has 1 amide bonds. The molecule has 0 aliphatic rings. The average molecular weight is 319 g/mol. The van der Waals surface area contributed by atoms with Crippen molar-refractivity contribution in [3.8, 4) is 22.4 Å². The minimum Gasteiger partial charge on any atom is -0.355 e. The smallest absolute Gasteiger partial charge is 0.244 e. The summed E-state index contributed by atoms with van der Waals surface area (Å²) in [6.07, 6.45) is 1.96. The van der Waals surface area contributed by atoms with E-state index in [1.165, 1.54) is 0 Å². The van der Waals surface area contributed by atoms with Crippen LogP contribution >= 0.6 is 0 Å². The summed E-state index contributed by atoms with van der Waals surface area (Å²) in [6, 6.07) is 19.8. The van der Waals surface area contributed by atoms with E-state index in [2.05, 4.69) is 17.4 Å². The molecule has 4 nitrogen and oxygen atoms in total. The number of carbonyl (C=O) groups is 1. The van der Waals surface area contributed by atoms with Gasteiger partial charge in [-0.15, -0.1) is 0 Å². The molecule has 1 unspecified atom stereocenters. The lowest BCUT2D eigenvalue weighted by atomic mass is 10.0. The van der Waals surface area contributed by atoms with E-state index in [1.807, 2.05) is 68.6 Å².